The van der Waals surface area contributed by atoms with E-state index in [2.05, 4.69) is 0 Å². The molecule has 108 valence electrons. The Bertz CT molecular complexity index is 683. The lowest BCUT2D eigenvalue weighted by molar-refractivity contribution is -0.313. The van der Waals surface area contributed by atoms with Crippen LogP contribution in [0, 0.1) is 18.8 Å². The van der Waals surface area contributed by atoms with Crippen LogP contribution in [0.15, 0.2) is 36.4 Å². The molecule has 1 aromatic carbocycles. The van der Waals surface area contributed by atoms with Crippen molar-refractivity contribution in [3.05, 3.63) is 42.0 Å². The predicted molar refractivity (Wildman–Crippen MR) is 72.3 cm³/mol. The molecule has 5 nitrogen and oxygen atoms in total. The second-order valence-corrected chi connectivity index (χ2v) is 5.93. The first-order valence-electron chi connectivity index (χ1n) is 6.98. The van der Waals surface area contributed by atoms with Gasteiger partial charge in [0.1, 0.15) is 5.60 Å². The van der Waals surface area contributed by atoms with Gasteiger partial charge in [-0.2, -0.15) is 0 Å². The van der Waals surface area contributed by atoms with Crippen LogP contribution in [0.3, 0.4) is 0 Å². The average Bonchev–Trinajstić information content (AvgIpc) is 3.08. The molecule has 4 rings (SSSR count). The summed E-state index contributed by atoms with van der Waals surface area (Å²) < 4.78 is 5.83. The Kier molecular flexibility index (Phi) is 2.37. The van der Waals surface area contributed by atoms with Crippen LogP contribution in [-0.2, 0) is 14.3 Å². The summed E-state index contributed by atoms with van der Waals surface area (Å²) in [6.07, 6.45) is 3.05. The molecule has 2 saturated heterocycles. The number of amides is 1. The van der Waals surface area contributed by atoms with Gasteiger partial charge in [0, 0.05) is 17.6 Å². The van der Waals surface area contributed by atoms with Crippen molar-refractivity contribution in [3.8, 4) is 0 Å². The molecule has 0 radical (unpaired) electrons. The van der Waals surface area contributed by atoms with E-state index < -0.39 is 29.5 Å². The maximum Gasteiger partial charge on any atom is 0.234 e. The first-order chi connectivity index (χ1) is 10.0. The topological polar surface area (TPSA) is 69.7 Å². The fourth-order valence-electron chi connectivity index (χ4n) is 3.84. The number of para-hydroxylation sites is 1. The summed E-state index contributed by atoms with van der Waals surface area (Å²) in [6.45, 7) is 2.29. The fourth-order valence-corrected chi connectivity index (χ4v) is 3.84. The SMILES string of the molecule is Cc1ccccc1N1C[C@]23C=C[C@@H](O2)[C@@H](C(=O)[O-])[C@@H]3C1=O. The predicted octanol–water partition coefficient (Wildman–Crippen LogP) is 0.0313. The molecule has 1 spiro atoms. The molecular formula is C16H14NO4-. The zero-order valence-electron chi connectivity index (χ0n) is 11.5. The monoisotopic (exact) mass is 284 g/mol. The van der Waals surface area contributed by atoms with Crippen molar-refractivity contribution in [2.24, 2.45) is 11.8 Å². The van der Waals surface area contributed by atoms with Gasteiger partial charge in [0.2, 0.25) is 5.91 Å². The molecule has 0 N–H and O–H groups in total. The van der Waals surface area contributed by atoms with E-state index in [1.807, 2.05) is 37.3 Å². The molecule has 1 aromatic rings. The number of carbonyl (C=O) groups excluding carboxylic acids is 2. The fraction of sp³-hybridized carbons (Fsp3) is 0.375. The van der Waals surface area contributed by atoms with Gasteiger partial charge >= 0.3 is 0 Å². The Hall–Kier alpha value is -2.14. The van der Waals surface area contributed by atoms with Gasteiger partial charge in [-0.3, -0.25) is 4.79 Å². The summed E-state index contributed by atoms with van der Waals surface area (Å²) in [5.74, 6) is -2.98. The highest BCUT2D eigenvalue weighted by atomic mass is 16.5. The molecule has 5 heteroatoms. The molecule has 3 aliphatic rings. The van der Waals surface area contributed by atoms with E-state index in [0.717, 1.165) is 11.3 Å². The molecule has 2 bridgehead atoms. The van der Waals surface area contributed by atoms with E-state index in [9.17, 15) is 14.7 Å². The maximum absolute atomic E-state index is 12.8. The summed E-state index contributed by atoms with van der Waals surface area (Å²) in [7, 11) is 0. The lowest BCUT2D eigenvalue weighted by Gasteiger charge is -2.24. The van der Waals surface area contributed by atoms with E-state index in [0.29, 0.717) is 6.54 Å². The summed E-state index contributed by atoms with van der Waals surface area (Å²) in [5, 5.41) is 11.4. The Labute approximate surface area is 121 Å². The molecule has 4 atom stereocenters. The van der Waals surface area contributed by atoms with Gasteiger partial charge in [0.25, 0.3) is 0 Å². The van der Waals surface area contributed by atoms with Gasteiger partial charge in [0.15, 0.2) is 0 Å². The van der Waals surface area contributed by atoms with E-state index in [4.69, 9.17) is 4.74 Å². The van der Waals surface area contributed by atoms with Gasteiger partial charge in [-0.05, 0) is 18.6 Å². The number of rotatable bonds is 2. The number of aliphatic carboxylic acids is 1. The van der Waals surface area contributed by atoms with Crippen molar-refractivity contribution in [3.63, 3.8) is 0 Å². The molecule has 0 saturated carbocycles. The van der Waals surface area contributed by atoms with Crippen molar-refractivity contribution < 1.29 is 19.4 Å². The van der Waals surface area contributed by atoms with Crippen LogP contribution in [0.25, 0.3) is 0 Å². The molecule has 0 unspecified atom stereocenters. The molecule has 0 aromatic heterocycles. The van der Waals surface area contributed by atoms with Crippen molar-refractivity contribution >= 4 is 17.6 Å². The number of carbonyl (C=O) groups is 2. The molecular weight excluding hydrogens is 270 g/mol. The summed E-state index contributed by atoms with van der Waals surface area (Å²) in [6, 6.07) is 7.57. The smallest absolute Gasteiger partial charge is 0.234 e. The lowest BCUT2D eigenvalue weighted by atomic mass is 9.77. The van der Waals surface area contributed by atoms with Crippen LogP contribution in [0.1, 0.15) is 5.56 Å². The Morgan fingerprint density at radius 1 is 1.43 bits per heavy atom. The zero-order valence-corrected chi connectivity index (χ0v) is 11.5. The number of aryl methyl sites for hydroxylation is 1. The van der Waals surface area contributed by atoms with Crippen molar-refractivity contribution in [2.45, 2.75) is 18.6 Å². The third kappa shape index (κ3) is 1.49. The number of carboxylic acid groups (broad SMARTS) is 1. The number of hydrogen-bond donors (Lipinski definition) is 0. The van der Waals surface area contributed by atoms with Crippen molar-refractivity contribution in [1.82, 2.24) is 0 Å². The van der Waals surface area contributed by atoms with Crippen LogP contribution in [0.5, 0.6) is 0 Å². The minimum absolute atomic E-state index is 0.189. The summed E-state index contributed by atoms with van der Waals surface area (Å²) in [5.41, 5.74) is 0.976. The number of carboxylic acids is 1. The lowest BCUT2D eigenvalue weighted by Crippen LogP contribution is -2.45. The van der Waals surface area contributed by atoms with Gasteiger partial charge in [0.05, 0.1) is 18.6 Å². The van der Waals surface area contributed by atoms with Crippen LogP contribution in [-0.4, -0.2) is 30.1 Å². The third-order valence-corrected chi connectivity index (χ3v) is 4.78. The molecule has 3 aliphatic heterocycles. The van der Waals surface area contributed by atoms with E-state index in [1.165, 1.54) is 0 Å². The van der Waals surface area contributed by atoms with Crippen LogP contribution < -0.4 is 10.0 Å². The number of fused-ring (bicyclic) bond motifs is 1. The van der Waals surface area contributed by atoms with Gasteiger partial charge in [-0.1, -0.05) is 30.4 Å². The molecule has 0 aliphatic carbocycles. The third-order valence-electron chi connectivity index (χ3n) is 4.78. The van der Waals surface area contributed by atoms with E-state index >= 15 is 0 Å². The van der Waals surface area contributed by atoms with Gasteiger partial charge < -0.3 is 19.5 Å². The second-order valence-electron chi connectivity index (χ2n) is 5.93. The van der Waals surface area contributed by atoms with Gasteiger partial charge in [-0.25, -0.2) is 0 Å². The minimum atomic E-state index is -1.21. The average molecular weight is 284 g/mol. The normalized spacial score (nSPS) is 36.3. The first kappa shape index (κ1) is 12.6. The molecule has 21 heavy (non-hydrogen) atoms. The van der Waals surface area contributed by atoms with Crippen LogP contribution >= 0.6 is 0 Å². The number of anilines is 1. The standard InChI is InChI=1S/C16H15NO4/c1-9-4-2-3-5-10(9)17-8-16-7-6-11(21-16)12(15(19)20)13(16)14(17)18/h2-7,11-13H,8H2,1H3,(H,19,20)/p-1/t11-,12-,13-,16+/m1/s1. The summed E-state index contributed by atoms with van der Waals surface area (Å²) >= 11 is 0. The highest BCUT2D eigenvalue weighted by Gasteiger charge is 2.65. The minimum Gasteiger partial charge on any atom is -0.550 e. The highest BCUT2D eigenvalue weighted by Crippen LogP contribution is 2.52. The van der Waals surface area contributed by atoms with Crippen LogP contribution in [0.2, 0.25) is 0 Å². The van der Waals surface area contributed by atoms with E-state index in [1.54, 1.807) is 11.0 Å². The molecule has 3 heterocycles. The highest BCUT2D eigenvalue weighted by molar-refractivity contribution is 6.02. The number of benzene rings is 1. The largest absolute Gasteiger partial charge is 0.550 e. The first-order valence-corrected chi connectivity index (χ1v) is 6.98. The molecule has 2 fully saturated rings. The Morgan fingerprint density at radius 3 is 2.90 bits per heavy atom. The summed E-state index contributed by atoms with van der Waals surface area (Å²) in [4.78, 5) is 25.8. The number of hydrogen-bond acceptors (Lipinski definition) is 4. The number of ether oxygens (including phenoxy) is 1. The number of nitrogens with zero attached hydrogens (tertiary/aromatic N) is 1. The maximum atomic E-state index is 12.8. The van der Waals surface area contributed by atoms with E-state index in [-0.39, 0.29) is 5.91 Å². The van der Waals surface area contributed by atoms with Crippen molar-refractivity contribution in [2.75, 3.05) is 11.4 Å². The van der Waals surface area contributed by atoms with Crippen LogP contribution in [0.4, 0.5) is 5.69 Å². The quantitative estimate of drug-likeness (QED) is 0.719. The zero-order chi connectivity index (χ0) is 14.8. The van der Waals surface area contributed by atoms with Crippen molar-refractivity contribution in [1.29, 1.82) is 0 Å². The Morgan fingerprint density at radius 2 is 2.19 bits per heavy atom. The Balaban J connectivity index is 1.78. The van der Waals surface area contributed by atoms with Gasteiger partial charge in [-0.15, -0.1) is 0 Å². The molecule has 1 amide bonds. The second kappa shape index (κ2) is 3.95.